The summed E-state index contributed by atoms with van der Waals surface area (Å²) < 4.78 is 0. The first-order valence-electron chi connectivity index (χ1n) is 7.00. The van der Waals surface area contributed by atoms with E-state index >= 15 is 0 Å². The molecule has 0 fully saturated rings. The first kappa shape index (κ1) is 19.8. The van der Waals surface area contributed by atoms with E-state index in [1.165, 1.54) is 11.2 Å². The molecule has 0 aliphatic carbocycles. The molecule has 0 atom stereocenters. The van der Waals surface area contributed by atoms with E-state index in [9.17, 15) is 0 Å². The van der Waals surface area contributed by atoms with E-state index in [0.29, 0.717) is 22.2 Å². The molecule has 26 heavy (non-hydrogen) atoms. The Morgan fingerprint density at radius 2 is 1.69 bits per heavy atom. The predicted octanol–water partition coefficient (Wildman–Crippen LogP) is 3.18. The zero-order chi connectivity index (χ0) is 18.9. The molecule has 132 valence electrons. The zero-order valence-electron chi connectivity index (χ0n) is 13.1. The number of halogens is 3. The van der Waals surface area contributed by atoms with Crippen LogP contribution in [0.15, 0.2) is 43.0 Å². The summed E-state index contributed by atoms with van der Waals surface area (Å²) in [4.78, 5) is 20.5. The third-order valence-corrected chi connectivity index (χ3v) is 3.65. The molecule has 0 amide bonds. The zero-order valence-corrected chi connectivity index (χ0v) is 15.4. The minimum atomic E-state index is 0.0991. The minimum absolute atomic E-state index is 0.0991. The maximum Gasteiger partial charge on any atom is 0.225 e. The van der Waals surface area contributed by atoms with Crippen LogP contribution in [-0.4, -0.2) is 31.6 Å². The van der Waals surface area contributed by atoms with E-state index in [0.717, 1.165) is 0 Å². The molecule has 0 spiro atoms. The number of nitrogens with two attached hydrogens (primary N) is 1. The number of nitrogens with zero attached hydrogens (tertiary/aromatic N) is 7. The summed E-state index contributed by atoms with van der Waals surface area (Å²) in [5.41, 5.74) is 6.47. The van der Waals surface area contributed by atoms with Crippen molar-refractivity contribution in [3.63, 3.8) is 0 Å². The van der Waals surface area contributed by atoms with E-state index in [1.807, 2.05) is 6.19 Å². The summed E-state index contributed by atoms with van der Waals surface area (Å²) in [6.07, 6.45) is 6.37. The molecular formula is C15H11Cl3N8. The van der Waals surface area contributed by atoms with Crippen molar-refractivity contribution >= 4 is 40.5 Å². The quantitative estimate of drug-likeness (QED) is 0.303. The molecule has 0 aliphatic rings. The van der Waals surface area contributed by atoms with E-state index in [4.69, 9.17) is 45.8 Å². The fraction of sp³-hybridized carbons (Fsp3) is 0.0667. The second-order valence-electron chi connectivity index (χ2n) is 4.44. The smallest absolute Gasteiger partial charge is 0.225 e. The number of anilines is 1. The molecular weight excluding hydrogens is 399 g/mol. The third kappa shape index (κ3) is 5.21. The summed E-state index contributed by atoms with van der Waals surface area (Å²) in [6, 6.07) is 6.90. The topological polar surface area (TPSA) is 117 Å². The summed E-state index contributed by atoms with van der Waals surface area (Å²) in [5.74, 6) is 0.420. The Morgan fingerprint density at radius 3 is 2.27 bits per heavy atom. The van der Waals surface area contributed by atoms with Gasteiger partial charge in [-0.2, -0.15) is 10.2 Å². The Balaban J connectivity index is 0.000000190. The molecule has 0 saturated heterocycles. The largest absolute Gasteiger partial charge is 0.313 e. The second kappa shape index (κ2) is 9.79. The number of nitriles is 1. The van der Waals surface area contributed by atoms with E-state index in [-0.39, 0.29) is 17.1 Å². The lowest BCUT2D eigenvalue weighted by Crippen LogP contribution is -2.24. The van der Waals surface area contributed by atoms with Crippen molar-refractivity contribution in [1.29, 1.82) is 5.26 Å². The van der Waals surface area contributed by atoms with Crippen LogP contribution < -0.4 is 10.6 Å². The molecule has 8 nitrogen and oxygen atoms in total. The van der Waals surface area contributed by atoms with Crippen molar-refractivity contribution in [2.45, 2.75) is 0 Å². The van der Waals surface area contributed by atoms with Crippen molar-refractivity contribution in [3.8, 4) is 17.6 Å². The maximum atomic E-state index is 8.61. The van der Waals surface area contributed by atoms with Crippen LogP contribution in [0, 0.1) is 11.5 Å². The molecule has 2 N–H and O–H groups in total. The van der Waals surface area contributed by atoms with Crippen LogP contribution in [0.5, 0.6) is 0 Å². The third-order valence-electron chi connectivity index (χ3n) is 2.88. The summed E-state index contributed by atoms with van der Waals surface area (Å²) in [6.45, 7) is 0.0991. The highest BCUT2D eigenvalue weighted by molar-refractivity contribution is 6.32. The number of rotatable bonds is 3. The lowest BCUT2D eigenvalue weighted by molar-refractivity contribution is 0.979. The van der Waals surface area contributed by atoms with Crippen LogP contribution in [0.2, 0.25) is 15.6 Å². The second-order valence-corrected chi connectivity index (χ2v) is 5.50. The Kier molecular flexibility index (Phi) is 7.44. The van der Waals surface area contributed by atoms with Gasteiger partial charge in [0, 0.05) is 12.4 Å². The lowest BCUT2D eigenvalue weighted by Gasteiger charge is -2.12. The van der Waals surface area contributed by atoms with Gasteiger partial charge in [0.05, 0.1) is 17.9 Å². The maximum absolute atomic E-state index is 8.61. The van der Waals surface area contributed by atoms with Gasteiger partial charge >= 0.3 is 0 Å². The standard InChI is InChI=1S/C8H4Cl2N4.C7H7ClN4/c9-6-5(2-1-3-11-6)7-12-4-13-8(10)14-7;8-7-6(2-1-3-11-7)12(4-9)5-10/h1-4H;1-3H,4,9H2. The Bertz CT molecular complexity index is 915. The first-order valence-corrected chi connectivity index (χ1v) is 8.13. The van der Waals surface area contributed by atoms with Crippen LogP contribution in [0.25, 0.3) is 11.4 Å². The van der Waals surface area contributed by atoms with Gasteiger partial charge in [-0.1, -0.05) is 23.2 Å². The Labute approximate surface area is 164 Å². The molecule has 0 radical (unpaired) electrons. The molecule has 3 heterocycles. The molecule has 3 rings (SSSR count). The van der Waals surface area contributed by atoms with Crippen molar-refractivity contribution < 1.29 is 0 Å². The molecule has 0 unspecified atom stereocenters. The fourth-order valence-electron chi connectivity index (χ4n) is 1.73. The summed E-state index contributed by atoms with van der Waals surface area (Å²) in [5, 5.41) is 9.37. The van der Waals surface area contributed by atoms with Gasteiger partial charge in [-0.05, 0) is 35.9 Å². The predicted molar refractivity (Wildman–Crippen MR) is 99.5 cm³/mol. The van der Waals surface area contributed by atoms with E-state index in [1.54, 1.807) is 36.7 Å². The van der Waals surface area contributed by atoms with Gasteiger partial charge in [-0.15, -0.1) is 0 Å². The molecule has 0 aromatic carbocycles. The van der Waals surface area contributed by atoms with Crippen molar-refractivity contribution in [2.24, 2.45) is 5.73 Å². The highest BCUT2D eigenvalue weighted by Crippen LogP contribution is 2.22. The minimum Gasteiger partial charge on any atom is -0.313 e. The summed E-state index contributed by atoms with van der Waals surface area (Å²) in [7, 11) is 0. The molecule has 0 bridgehead atoms. The monoisotopic (exact) mass is 408 g/mol. The van der Waals surface area contributed by atoms with Crippen LogP contribution in [-0.2, 0) is 0 Å². The average molecular weight is 410 g/mol. The Hall–Kier alpha value is -2.57. The van der Waals surface area contributed by atoms with Crippen molar-refractivity contribution in [1.82, 2.24) is 24.9 Å². The fourth-order valence-corrected chi connectivity index (χ4v) is 2.28. The number of hydrogen-bond donors (Lipinski definition) is 1. The summed E-state index contributed by atoms with van der Waals surface area (Å²) >= 11 is 17.2. The van der Waals surface area contributed by atoms with Crippen molar-refractivity contribution in [3.05, 3.63) is 58.6 Å². The lowest BCUT2D eigenvalue weighted by atomic mass is 10.3. The molecule has 3 aromatic rings. The van der Waals surface area contributed by atoms with Gasteiger partial charge in [0.25, 0.3) is 0 Å². The highest BCUT2D eigenvalue weighted by Gasteiger charge is 2.07. The van der Waals surface area contributed by atoms with Crippen LogP contribution in [0.3, 0.4) is 0 Å². The van der Waals surface area contributed by atoms with E-state index in [2.05, 4.69) is 24.9 Å². The number of hydrogen-bond acceptors (Lipinski definition) is 8. The Morgan fingerprint density at radius 1 is 1.00 bits per heavy atom. The number of aromatic nitrogens is 5. The van der Waals surface area contributed by atoms with Gasteiger partial charge in [0.15, 0.2) is 17.2 Å². The van der Waals surface area contributed by atoms with E-state index < -0.39 is 0 Å². The van der Waals surface area contributed by atoms with Gasteiger partial charge in [-0.3, -0.25) is 4.90 Å². The molecule has 0 aliphatic heterocycles. The van der Waals surface area contributed by atoms with Crippen LogP contribution >= 0.6 is 34.8 Å². The van der Waals surface area contributed by atoms with Crippen LogP contribution in [0.4, 0.5) is 5.69 Å². The number of pyridine rings is 2. The molecule has 3 aromatic heterocycles. The molecule has 11 heteroatoms. The van der Waals surface area contributed by atoms with Gasteiger partial charge in [-0.25, -0.2) is 19.9 Å². The normalized spacial score (nSPS) is 9.65. The van der Waals surface area contributed by atoms with Gasteiger partial charge in [0.2, 0.25) is 5.28 Å². The van der Waals surface area contributed by atoms with Gasteiger partial charge in [0.1, 0.15) is 11.5 Å². The average Bonchev–Trinajstić information content (AvgIpc) is 2.65. The highest BCUT2D eigenvalue weighted by atomic mass is 35.5. The van der Waals surface area contributed by atoms with Crippen LogP contribution in [0.1, 0.15) is 0 Å². The van der Waals surface area contributed by atoms with Gasteiger partial charge < -0.3 is 5.73 Å². The van der Waals surface area contributed by atoms with Crippen molar-refractivity contribution in [2.75, 3.05) is 11.6 Å². The SMILES string of the molecule is Clc1ncnc(-c2cccnc2Cl)n1.N#CN(CN)c1cccnc1Cl. The first-order chi connectivity index (χ1) is 12.6. The molecule has 0 saturated carbocycles.